The van der Waals surface area contributed by atoms with Gasteiger partial charge in [-0.2, -0.15) is 4.31 Å². The summed E-state index contributed by atoms with van der Waals surface area (Å²) in [4.78, 5) is 14.7. The first kappa shape index (κ1) is 31.2. The molecule has 2 aromatic carbocycles. The van der Waals surface area contributed by atoms with E-state index in [2.05, 4.69) is 10.6 Å². The molecule has 4 N–H and O–H groups in total. The van der Waals surface area contributed by atoms with Gasteiger partial charge in [0, 0.05) is 44.3 Å². The summed E-state index contributed by atoms with van der Waals surface area (Å²) in [6.07, 6.45) is 6.74. The largest absolute Gasteiger partial charge is 0.361 e. The molecule has 1 atom stereocenters. The zero-order valence-electron chi connectivity index (χ0n) is 24.0. The minimum Gasteiger partial charge on any atom is -0.361 e. The Bertz CT molecular complexity index is 1430. The number of carbonyl (C=O) groups is 1. The number of dihydropyridines is 1. The molecule has 4 rings (SSSR count). The Morgan fingerprint density at radius 2 is 1.81 bits per heavy atom. The third-order valence-corrected chi connectivity index (χ3v) is 9.41. The maximum Gasteiger partial charge on any atom is 0.257 e. The van der Waals surface area contributed by atoms with Crippen molar-refractivity contribution in [3.05, 3.63) is 95.4 Å². The summed E-state index contributed by atoms with van der Waals surface area (Å²) in [5, 5.41) is 23.9. The van der Waals surface area contributed by atoms with Crippen LogP contribution in [0.1, 0.15) is 32.3 Å². The van der Waals surface area contributed by atoms with E-state index in [4.69, 9.17) is 10.1 Å². The fourth-order valence-electron chi connectivity index (χ4n) is 5.06. The molecule has 2 aliphatic heterocycles. The minimum absolute atomic E-state index is 0.129. The number of hydrogen-bond donors (Lipinski definition) is 4. The Morgan fingerprint density at radius 1 is 1.14 bits per heavy atom. The maximum absolute atomic E-state index is 13.4. The van der Waals surface area contributed by atoms with Crippen molar-refractivity contribution in [2.24, 2.45) is 5.92 Å². The summed E-state index contributed by atoms with van der Waals surface area (Å²) < 4.78 is 33.6. The Hall–Kier alpha value is -3.77. The van der Waals surface area contributed by atoms with Gasteiger partial charge in [-0.1, -0.05) is 30.3 Å². The molecule has 10 nitrogen and oxygen atoms in total. The maximum atomic E-state index is 13.4. The molecule has 0 radical (unpaired) electrons. The molecule has 2 heterocycles. The molecule has 0 bridgehead atoms. The number of rotatable bonds is 12. The van der Waals surface area contributed by atoms with E-state index in [1.54, 1.807) is 23.2 Å². The summed E-state index contributed by atoms with van der Waals surface area (Å²) in [7, 11) is -3.69. The molecule has 1 unspecified atom stereocenters. The second-order valence-corrected chi connectivity index (χ2v) is 12.0. The van der Waals surface area contributed by atoms with Crippen LogP contribution in [0.25, 0.3) is 0 Å². The second-order valence-electron chi connectivity index (χ2n) is 10.1. The summed E-state index contributed by atoms with van der Waals surface area (Å²) in [6.45, 7) is 5.90. The van der Waals surface area contributed by atoms with Crippen molar-refractivity contribution in [1.29, 1.82) is 5.41 Å². The number of ether oxygens (including phenoxy) is 1. The molecule has 0 spiro atoms. The Balaban J connectivity index is 1.35. The van der Waals surface area contributed by atoms with Gasteiger partial charge >= 0.3 is 0 Å². The predicted octanol–water partition coefficient (Wildman–Crippen LogP) is 3.81. The molecule has 11 heteroatoms. The number of nitrogens with one attached hydrogen (secondary N) is 3. The second kappa shape index (κ2) is 14.4. The summed E-state index contributed by atoms with van der Waals surface area (Å²) in [5.41, 5.74) is 3.35. The molecule has 0 aromatic heterocycles. The van der Waals surface area contributed by atoms with Crippen molar-refractivity contribution >= 4 is 27.8 Å². The van der Waals surface area contributed by atoms with Crippen molar-refractivity contribution in [2.45, 2.75) is 44.6 Å². The number of aliphatic hydroxyl groups excluding tert-OH is 1. The van der Waals surface area contributed by atoms with Gasteiger partial charge in [0.25, 0.3) is 5.91 Å². The molecule has 0 aliphatic carbocycles. The van der Waals surface area contributed by atoms with Crippen LogP contribution in [0, 0.1) is 11.3 Å². The lowest BCUT2D eigenvalue weighted by Crippen LogP contribution is -2.39. The molecule has 2 aliphatic rings. The normalized spacial score (nSPS) is 18.0. The molecular formula is C31H39N5O5S. The van der Waals surface area contributed by atoms with Gasteiger partial charge in [-0.05, 0) is 80.2 Å². The number of allylic oxidation sites excluding steroid dienone is 3. The Morgan fingerprint density at radius 3 is 2.43 bits per heavy atom. The number of carbonyl (C=O) groups excluding carboxylic acids is 1. The molecule has 1 amide bonds. The van der Waals surface area contributed by atoms with Crippen LogP contribution < -0.4 is 10.6 Å². The van der Waals surface area contributed by atoms with Crippen LogP contribution in [0.2, 0.25) is 0 Å². The zero-order chi connectivity index (χ0) is 30.1. The molecule has 224 valence electrons. The highest BCUT2D eigenvalue weighted by Crippen LogP contribution is 2.31. The number of hydrogen-bond acceptors (Lipinski definition) is 8. The van der Waals surface area contributed by atoms with Gasteiger partial charge in [-0.25, -0.2) is 8.42 Å². The molecule has 1 saturated heterocycles. The lowest BCUT2D eigenvalue weighted by molar-refractivity contribution is -0.126. The Labute approximate surface area is 247 Å². The smallest absolute Gasteiger partial charge is 0.257 e. The zero-order valence-corrected chi connectivity index (χ0v) is 24.8. The highest BCUT2D eigenvalue weighted by Gasteiger charge is 2.31. The van der Waals surface area contributed by atoms with E-state index in [9.17, 15) is 18.3 Å². The van der Waals surface area contributed by atoms with Crippen molar-refractivity contribution in [3.63, 3.8) is 0 Å². The number of benzene rings is 2. The summed E-state index contributed by atoms with van der Waals surface area (Å²) in [6, 6.07) is 15.7. The Kier molecular flexibility index (Phi) is 10.7. The summed E-state index contributed by atoms with van der Waals surface area (Å²) in [5.74, 6) is -0.0657. The number of amides is 1. The molecule has 0 saturated carbocycles. The standard InChI is InChI=1S/C31H39N5O5S/c1-3-35(4-2)30(37)28(21-32)29-20-25(14-17-33-29)24-15-18-36(19-16-24)42(39,40)27-12-10-26(11-13-27)34-31(38)41-22-23-8-6-5-7-9-23/h5-14,17,20-21,24,31-34,38H,3-4,15-16,18-19,22H2,1-2H3/b29-28+,32-21?. The van der Waals surface area contributed by atoms with E-state index in [1.165, 1.54) is 16.4 Å². The van der Waals surface area contributed by atoms with Gasteiger partial charge in [-0.15, -0.1) is 0 Å². The number of sulfonamides is 1. The first-order valence-corrected chi connectivity index (χ1v) is 15.6. The molecular weight excluding hydrogens is 554 g/mol. The van der Waals surface area contributed by atoms with Crippen LogP contribution in [0.5, 0.6) is 0 Å². The monoisotopic (exact) mass is 593 g/mol. The van der Waals surface area contributed by atoms with Gasteiger partial charge in [0.2, 0.25) is 16.4 Å². The fraction of sp³-hybridized carbons (Fsp3) is 0.355. The molecule has 42 heavy (non-hydrogen) atoms. The van der Waals surface area contributed by atoms with Crippen LogP contribution in [0.3, 0.4) is 0 Å². The third kappa shape index (κ3) is 7.54. The van der Waals surface area contributed by atoms with Crippen LogP contribution in [-0.2, 0) is 26.2 Å². The topological polar surface area (TPSA) is 135 Å². The first-order chi connectivity index (χ1) is 20.3. The van der Waals surface area contributed by atoms with Gasteiger partial charge in [0.15, 0.2) is 0 Å². The third-order valence-electron chi connectivity index (χ3n) is 7.50. The number of piperidine rings is 1. The van der Waals surface area contributed by atoms with E-state index in [0.29, 0.717) is 56.0 Å². The predicted molar refractivity (Wildman–Crippen MR) is 163 cm³/mol. The average Bonchev–Trinajstić information content (AvgIpc) is 3.02. The number of anilines is 1. The summed E-state index contributed by atoms with van der Waals surface area (Å²) >= 11 is 0. The van der Waals surface area contributed by atoms with Crippen LogP contribution in [0.15, 0.2) is 94.7 Å². The number of likely N-dealkylation sites (N-methyl/N-ethyl adjacent to an activating group) is 1. The van der Waals surface area contributed by atoms with E-state index in [1.807, 2.05) is 56.3 Å². The quantitative estimate of drug-likeness (QED) is 0.167. The van der Waals surface area contributed by atoms with Gasteiger partial charge in [0.05, 0.1) is 22.8 Å². The van der Waals surface area contributed by atoms with Crippen LogP contribution in [0.4, 0.5) is 5.69 Å². The van der Waals surface area contributed by atoms with Crippen molar-refractivity contribution in [3.8, 4) is 0 Å². The average molecular weight is 594 g/mol. The van der Waals surface area contributed by atoms with Gasteiger partial charge in [0.1, 0.15) is 0 Å². The minimum atomic E-state index is -3.69. The van der Waals surface area contributed by atoms with Gasteiger partial charge in [-0.3, -0.25) is 4.79 Å². The van der Waals surface area contributed by atoms with E-state index >= 15 is 0 Å². The van der Waals surface area contributed by atoms with Crippen LogP contribution in [-0.4, -0.2) is 67.4 Å². The fourth-order valence-corrected chi connectivity index (χ4v) is 6.53. The lowest BCUT2D eigenvalue weighted by atomic mass is 9.88. The highest BCUT2D eigenvalue weighted by molar-refractivity contribution is 7.89. The SMILES string of the molecule is CCN(CC)C(=O)/C(C=N)=C1\C=C(C2CCN(S(=O)(=O)c3ccc(NC(O)OCc4ccccc4)cc3)CC2)C=CN1. The van der Waals surface area contributed by atoms with E-state index < -0.39 is 16.4 Å². The molecule has 1 fully saturated rings. The highest BCUT2D eigenvalue weighted by atomic mass is 32.2. The molecule has 2 aromatic rings. The van der Waals surface area contributed by atoms with Crippen molar-refractivity contribution in [2.75, 3.05) is 31.5 Å². The number of aliphatic hydroxyl groups is 1. The lowest BCUT2D eigenvalue weighted by Gasteiger charge is -2.32. The van der Waals surface area contributed by atoms with Gasteiger partial charge < -0.3 is 30.8 Å². The van der Waals surface area contributed by atoms with Crippen molar-refractivity contribution in [1.82, 2.24) is 14.5 Å². The van der Waals surface area contributed by atoms with E-state index in [-0.39, 0.29) is 23.3 Å². The van der Waals surface area contributed by atoms with Crippen LogP contribution >= 0.6 is 0 Å². The number of nitrogens with zero attached hydrogens (tertiary/aromatic N) is 2. The van der Waals surface area contributed by atoms with Crippen molar-refractivity contribution < 1.29 is 23.1 Å². The first-order valence-electron chi connectivity index (χ1n) is 14.2. The van der Waals surface area contributed by atoms with E-state index in [0.717, 1.165) is 17.4 Å².